The molecule has 0 aliphatic carbocycles. The van der Waals surface area contributed by atoms with Gasteiger partial charge in [-0.3, -0.25) is 9.59 Å². The van der Waals surface area contributed by atoms with Gasteiger partial charge >= 0.3 is 0 Å². The van der Waals surface area contributed by atoms with Gasteiger partial charge in [0, 0.05) is 17.6 Å². The van der Waals surface area contributed by atoms with Crippen LogP contribution in [-0.2, 0) is 4.74 Å². The van der Waals surface area contributed by atoms with E-state index < -0.39 is 0 Å². The van der Waals surface area contributed by atoms with Crippen molar-refractivity contribution in [3.8, 4) is 5.88 Å². The van der Waals surface area contributed by atoms with Crippen molar-refractivity contribution in [2.45, 2.75) is 0 Å². The number of anilines is 2. The number of hydrogen-bond acceptors (Lipinski definition) is 5. The maximum Gasteiger partial charge on any atom is 0.257 e. The fourth-order valence-corrected chi connectivity index (χ4v) is 3.06. The molecule has 2 aromatic carbocycles. The molecule has 3 rings (SSSR count). The van der Waals surface area contributed by atoms with Crippen molar-refractivity contribution >= 4 is 39.1 Å². The van der Waals surface area contributed by atoms with Crippen LogP contribution < -0.4 is 15.4 Å². The summed E-state index contributed by atoms with van der Waals surface area (Å²) in [4.78, 5) is 29.5. The largest absolute Gasteiger partial charge is 0.475 e. The van der Waals surface area contributed by atoms with E-state index in [0.717, 1.165) is 0 Å². The van der Waals surface area contributed by atoms with Crippen molar-refractivity contribution in [3.05, 3.63) is 82.5 Å². The average molecular weight is 470 g/mol. The smallest absolute Gasteiger partial charge is 0.257 e. The van der Waals surface area contributed by atoms with Crippen LogP contribution in [0, 0.1) is 0 Å². The van der Waals surface area contributed by atoms with Crippen LogP contribution in [0.2, 0.25) is 0 Å². The number of nitrogens with zero attached hydrogens (tertiary/aromatic N) is 1. The minimum Gasteiger partial charge on any atom is -0.475 e. The third-order valence-electron chi connectivity index (χ3n) is 4.07. The van der Waals surface area contributed by atoms with Crippen LogP contribution in [-0.4, -0.2) is 37.1 Å². The van der Waals surface area contributed by atoms with Crippen molar-refractivity contribution in [2.24, 2.45) is 0 Å². The van der Waals surface area contributed by atoms with Crippen LogP contribution in [0.25, 0.3) is 0 Å². The molecule has 0 saturated carbocycles. The lowest BCUT2D eigenvalue weighted by molar-refractivity contribution is 0.102. The summed E-state index contributed by atoms with van der Waals surface area (Å²) in [5.74, 6) is -0.249. The second-order valence-corrected chi connectivity index (χ2v) is 7.01. The third-order valence-corrected chi connectivity index (χ3v) is 4.76. The molecule has 154 valence electrons. The predicted molar refractivity (Wildman–Crippen MR) is 118 cm³/mol. The first kappa shape index (κ1) is 21.5. The van der Waals surface area contributed by atoms with E-state index in [4.69, 9.17) is 9.47 Å². The van der Waals surface area contributed by atoms with Crippen LogP contribution in [0.5, 0.6) is 5.88 Å². The Morgan fingerprint density at radius 3 is 2.30 bits per heavy atom. The van der Waals surface area contributed by atoms with Crippen LogP contribution in [0.3, 0.4) is 0 Å². The van der Waals surface area contributed by atoms with E-state index in [9.17, 15) is 9.59 Å². The second kappa shape index (κ2) is 10.5. The van der Waals surface area contributed by atoms with Crippen LogP contribution in [0.4, 0.5) is 11.4 Å². The Kier molecular flexibility index (Phi) is 7.53. The summed E-state index contributed by atoms with van der Waals surface area (Å²) in [5.41, 5.74) is 1.72. The number of carbonyl (C=O) groups is 2. The Morgan fingerprint density at radius 1 is 0.900 bits per heavy atom. The molecule has 30 heavy (non-hydrogen) atoms. The van der Waals surface area contributed by atoms with E-state index in [1.165, 1.54) is 6.20 Å². The highest BCUT2D eigenvalue weighted by Crippen LogP contribution is 2.21. The fourth-order valence-electron chi connectivity index (χ4n) is 2.59. The van der Waals surface area contributed by atoms with E-state index >= 15 is 0 Å². The average Bonchev–Trinajstić information content (AvgIpc) is 2.76. The molecule has 7 nitrogen and oxygen atoms in total. The summed E-state index contributed by atoms with van der Waals surface area (Å²) >= 11 is 3.36. The van der Waals surface area contributed by atoms with Crippen molar-refractivity contribution in [1.29, 1.82) is 0 Å². The van der Waals surface area contributed by atoms with Gasteiger partial charge in [-0.2, -0.15) is 0 Å². The molecule has 0 fully saturated rings. The second-order valence-electron chi connectivity index (χ2n) is 6.16. The molecule has 1 heterocycles. The van der Waals surface area contributed by atoms with Gasteiger partial charge in [-0.25, -0.2) is 4.98 Å². The molecule has 1 aromatic heterocycles. The van der Waals surface area contributed by atoms with Gasteiger partial charge in [0.15, 0.2) is 0 Å². The van der Waals surface area contributed by atoms with Gasteiger partial charge < -0.3 is 20.1 Å². The molecule has 2 amide bonds. The lowest BCUT2D eigenvalue weighted by Crippen LogP contribution is -2.18. The molecule has 0 aliphatic heterocycles. The molecule has 0 atom stereocenters. The molecule has 0 aliphatic rings. The number of rotatable bonds is 8. The SMILES string of the molecule is COCCOc1ccc(NC(=O)c2ccccc2NC(=O)c2ccccc2Br)cn1. The molecular formula is C22H20BrN3O4. The zero-order valence-corrected chi connectivity index (χ0v) is 17.8. The number of pyridine rings is 1. The summed E-state index contributed by atoms with van der Waals surface area (Å²) in [5, 5.41) is 5.57. The van der Waals surface area contributed by atoms with Crippen molar-refractivity contribution in [3.63, 3.8) is 0 Å². The summed E-state index contributed by atoms with van der Waals surface area (Å²) in [7, 11) is 1.59. The van der Waals surface area contributed by atoms with E-state index in [0.29, 0.717) is 46.1 Å². The Hall–Kier alpha value is -3.23. The van der Waals surface area contributed by atoms with Gasteiger partial charge in [-0.1, -0.05) is 24.3 Å². The monoisotopic (exact) mass is 469 g/mol. The maximum atomic E-state index is 12.8. The number of hydrogen-bond donors (Lipinski definition) is 2. The normalized spacial score (nSPS) is 10.3. The number of para-hydroxylation sites is 1. The summed E-state index contributed by atoms with van der Waals surface area (Å²) < 4.78 is 11.0. The Morgan fingerprint density at radius 2 is 1.60 bits per heavy atom. The number of ether oxygens (including phenoxy) is 2. The fraction of sp³-hybridized carbons (Fsp3) is 0.136. The molecule has 0 bridgehead atoms. The predicted octanol–water partition coefficient (Wildman–Crippen LogP) is 4.37. The Bertz CT molecular complexity index is 1020. The summed E-state index contributed by atoms with van der Waals surface area (Å²) in [6.45, 7) is 0.849. The maximum absolute atomic E-state index is 12.8. The van der Waals surface area contributed by atoms with Gasteiger partial charge in [0.1, 0.15) is 6.61 Å². The molecule has 0 radical (unpaired) electrons. The van der Waals surface area contributed by atoms with Crippen molar-refractivity contribution < 1.29 is 19.1 Å². The summed E-state index contributed by atoms with van der Waals surface area (Å²) in [6.07, 6.45) is 1.50. The number of amides is 2. The molecule has 3 aromatic rings. The van der Waals surface area contributed by atoms with Gasteiger partial charge in [-0.05, 0) is 46.3 Å². The van der Waals surface area contributed by atoms with Gasteiger partial charge in [-0.15, -0.1) is 0 Å². The van der Waals surface area contributed by atoms with Crippen molar-refractivity contribution in [1.82, 2.24) is 4.98 Å². The molecular weight excluding hydrogens is 450 g/mol. The van der Waals surface area contributed by atoms with Crippen LogP contribution in [0.15, 0.2) is 71.3 Å². The number of nitrogens with one attached hydrogen (secondary N) is 2. The Labute approximate surface area is 182 Å². The number of halogens is 1. The zero-order valence-electron chi connectivity index (χ0n) is 16.2. The Balaban J connectivity index is 1.70. The number of methoxy groups -OCH3 is 1. The van der Waals surface area contributed by atoms with Crippen LogP contribution in [0.1, 0.15) is 20.7 Å². The quantitative estimate of drug-likeness (QED) is 0.478. The lowest BCUT2D eigenvalue weighted by Gasteiger charge is -2.12. The van der Waals surface area contributed by atoms with E-state index in [1.807, 2.05) is 6.07 Å². The first-order chi connectivity index (χ1) is 14.6. The number of benzene rings is 2. The first-order valence-electron chi connectivity index (χ1n) is 9.12. The van der Waals surface area contributed by atoms with Crippen LogP contribution >= 0.6 is 15.9 Å². The van der Waals surface area contributed by atoms with E-state index in [1.54, 1.807) is 61.7 Å². The van der Waals surface area contributed by atoms with E-state index in [2.05, 4.69) is 31.5 Å². The highest BCUT2D eigenvalue weighted by Gasteiger charge is 2.16. The minimum absolute atomic E-state index is 0.318. The molecule has 0 unspecified atom stereocenters. The highest BCUT2D eigenvalue weighted by molar-refractivity contribution is 9.10. The van der Waals surface area contributed by atoms with Crippen molar-refractivity contribution in [2.75, 3.05) is 31.0 Å². The topological polar surface area (TPSA) is 89.5 Å². The van der Waals surface area contributed by atoms with Gasteiger partial charge in [0.05, 0.1) is 35.3 Å². The molecule has 0 saturated heterocycles. The van der Waals surface area contributed by atoms with E-state index in [-0.39, 0.29) is 11.8 Å². The number of aromatic nitrogens is 1. The first-order valence-corrected chi connectivity index (χ1v) is 9.92. The molecule has 0 spiro atoms. The molecule has 2 N–H and O–H groups in total. The minimum atomic E-state index is -0.368. The van der Waals surface area contributed by atoms with Gasteiger partial charge in [0.25, 0.3) is 11.8 Å². The zero-order chi connectivity index (χ0) is 21.3. The molecule has 8 heteroatoms. The highest BCUT2D eigenvalue weighted by atomic mass is 79.9. The third kappa shape index (κ3) is 5.65. The lowest BCUT2D eigenvalue weighted by atomic mass is 10.1. The van der Waals surface area contributed by atoms with Gasteiger partial charge in [0.2, 0.25) is 5.88 Å². The summed E-state index contributed by atoms with van der Waals surface area (Å²) in [6, 6.07) is 17.2. The number of carbonyl (C=O) groups excluding carboxylic acids is 2. The standard InChI is InChI=1S/C22H20BrN3O4/c1-29-12-13-30-20-11-10-15(14-24-20)25-22(28)17-7-3-5-9-19(17)26-21(27)16-6-2-4-8-18(16)23/h2-11,14H,12-13H2,1H3,(H,25,28)(H,26,27).